The third kappa shape index (κ3) is 6.39. The first-order chi connectivity index (χ1) is 25.4. The molecule has 11 heteroatoms. The number of likely N-dealkylation sites (tertiary alicyclic amines) is 1. The largest absolute Gasteiger partial charge is 0.481 e. The van der Waals surface area contributed by atoms with Crippen LogP contribution in [0.15, 0.2) is 77.5 Å². The van der Waals surface area contributed by atoms with Gasteiger partial charge in [-0.3, -0.25) is 19.6 Å². The molecule has 2 fully saturated rings. The number of hydrogen-bond acceptors (Lipinski definition) is 10. The number of aromatic nitrogens is 3. The Hall–Kier alpha value is -5.67. The van der Waals surface area contributed by atoms with Crippen molar-refractivity contribution in [3.8, 4) is 28.7 Å². The second-order valence-corrected chi connectivity index (χ2v) is 14.9. The van der Waals surface area contributed by atoms with E-state index in [1.807, 2.05) is 60.6 Å². The number of fused-ring (bicyclic) bond motifs is 2. The summed E-state index contributed by atoms with van der Waals surface area (Å²) in [7, 11) is 1.94. The highest BCUT2D eigenvalue weighted by atomic mass is 16.4. The number of nitrogens with one attached hydrogen (secondary N) is 1. The molecular weight excluding hydrogens is 667 g/mol. The van der Waals surface area contributed by atoms with E-state index >= 15 is 0 Å². The van der Waals surface area contributed by atoms with Gasteiger partial charge in [-0.1, -0.05) is 24.3 Å². The van der Waals surface area contributed by atoms with Crippen molar-refractivity contribution in [1.29, 1.82) is 5.26 Å². The number of carbonyl (C=O) groups is 1. The zero-order valence-corrected chi connectivity index (χ0v) is 30.3. The Morgan fingerprint density at radius 1 is 1.02 bits per heavy atom. The highest BCUT2D eigenvalue weighted by Crippen LogP contribution is 2.40. The number of oxazole rings is 1. The van der Waals surface area contributed by atoms with Crippen LogP contribution in [0.1, 0.15) is 54.0 Å². The first-order valence-corrected chi connectivity index (χ1v) is 17.9. The second-order valence-electron chi connectivity index (χ2n) is 14.9. The first-order valence-electron chi connectivity index (χ1n) is 17.9. The number of pyridine rings is 2. The molecule has 6 aromatic rings. The van der Waals surface area contributed by atoms with E-state index in [2.05, 4.69) is 53.3 Å². The zero-order chi connectivity index (χ0) is 37.1. The quantitative estimate of drug-likeness (QED) is 0.121. The van der Waals surface area contributed by atoms with E-state index in [1.54, 1.807) is 13.1 Å². The molecule has 1 aliphatic carbocycles. The molecule has 0 spiro atoms. The summed E-state index contributed by atoms with van der Waals surface area (Å²) >= 11 is 0. The summed E-state index contributed by atoms with van der Waals surface area (Å²) in [6.45, 7) is 8.19. The Morgan fingerprint density at radius 2 is 1.77 bits per heavy atom. The Balaban J connectivity index is 1.07. The van der Waals surface area contributed by atoms with Crippen molar-refractivity contribution >= 4 is 39.5 Å². The summed E-state index contributed by atoms with van der Waals surface area (Å²) in [6, 6.07) is 22.3. The number of aliphatic hydroxyl groups is 1. The van der Waals surface area contributed by atoms with E-state index in [0.717, 1.165) is 68.4 Å². The number of benzene rings is 3. The van der Waals surface area contributed by atoms with Crippen LogP contribution in [0.2, 0.25) is 0 Å². The lowest BCUT2D eigenvalue weighted by Crippen LogP contribution is -2.32. The van der Waals surface area contributed by atoms with E-state index in [0.29, 0.717) is 61.0 Å². The average molecular weight is 708 g/mol. The molecule has 1 saturated heterocycles. The smallest absolute Gasteiger partial charge is 0.310 e. The molecule has 1 saturated carbocycles. The fraction of sp³-hybridized carbons (Fsp3) is 0.310. The average Bonchev–Trinajstić information content (AvgIpc) is 3.57. The number of carboxylic acids is 1. The number of anilines is 2. The highest BCUT2D eigenvalue weighted by molar-refractivity contribution is 5.91. The fourth-order valence-corrected chi connectivity index (χ4v) is 7.55. The molecule has 53 heavy (non-hydrogen) atoms. The van der Waals surface area contributed by atoms with Crippen LogP contribution in [0.5, 0.6) is 0 Å². The molecule has 0 bridgehead atoms. The van der Waals surface area contributed by atoms with Gasteiger partial charge in [0, 0.05) is 48.7 Å². The van der Waals surface area contributed by atoms with E-state index < -0.39 is 17.1 Å². The first kappa shape index (κ1) is 34.4. The van der Waals surface area contributed by atoms with E-state index in [-0.39, 0.29) is 0 Å². The van der Waals surface area contributed by atoms with Crippen molar-refractivity contribution < 1.29 is 19.4 Å². The van der Waals surface area contributed by atoms with Crippen molar-refractivity contribution in [3.05, 3.63) is 101 Å². The normalized spacial score (nSPS) is 18.1. The minimum absolute atomic E-state index is 0.400. The number of nitrogens with zero attached hydrogens (tertiary/aromatic N) is 6. The van der Waals surface area contributed by atoms with Crippen LogP contribution in [0, 0.1) is 30.6 Å². The maximum atomic E-state index is 11.8. The number of rotatable bonds is 10. The molecular formula is C42H41N7O4. The number of carboxylic acid groups (broad SMARTS) is 1. The number of aliphatic carboxylic acids is 1. The standard InChI is InChI=1S/C42H41N7O4/c1-25-31(7-5-9-33(25)39-47-35-19-27(17-30(20-43)37(35)53-39)23-49-16-14-41(3,24-49)40(50)51)32-8-6-10-34(26(32)2)46-38-36-29(11-15-44-38)18-28(21-45-36)22-48(4)42(52)12-13-42/h5-11,15,17-19,21,52H,12-14,16,22-24H2,1-4H3,(H,44,46)(H,50,51). The van der Waals surface area contributed by atoms with E-state index in [4.69, 9.17) is 14.4 Å². The summed E-state index contributed by atoms with van der Waals surface area (Å²) in [5, 5.41) is 34.7. The van der Waals surface area contributed by atoms with Crippen LogP contribution in [0.3, 0.4) is 0 Å². The van der Waals surface area contributed by atoms with Gasteiger partial charge < -0.3 is 19.9 Å². The molecule has 0 radical (unpaired) electrons. The van der Waals surface area contributed by atoms with Crippen LogP contribution < -0.4 is 5.32 Å². The topological polar surface area (TPSA) is 152 Å². The van der Waals surface area contributed by atoms with Gasteiger partial charge in [0.1, 0.15) is 22.8 Å². The number of nitriles is 1. The summed E-state index contributed by atoms with van der Waals surface area (Å²) < 4.78 is 6.29. The molecule has 3 N–H and O–H groups in total. The lowest BCUT2D eigenvalue weighted by atomic mass is 9.90. The minimum atomic E-state index is -0.784. The van der Waals surface area contributed by atoms with Gasteiger partial charge in [0.2, 0.25) is 5.89 Å². The van der Waals surface area contributed by atoms with Crippen LogP contribution >= 0.6 is 0 Å². The molecule has 1 atom stereocenters. The van der Waals surface area contributed by atoms with Gasteiger partial charge in [-0.2, -0.15) is 5.26 Å². The Bertz CT molecular complexity index is 2460. The van der Waals surface area contributed by atoms with Gasteiger partial charge in [-0.25, -0.2) is 9.97 Å². The van der Waals surface area contributed by atoms with Crippen LogP contribution in [0.25, 0.3) is 44.6 Å². The van der Waals surface area contributed by atoms with Crippen LogP contribution in [0.4, 0.5) is 11.5 Å². The van der Waals surface area contributed by atoms with Gasteiger partial charge in [-0.05, 0) is 123 Å². The third-order valence-electron chi connectivity index (χ3n) is 11.1. The van der Waals surface area contributed by atoms with Crippen molar-refractivity contribution in [2.75, 3.05) is 25.5 Å². The SMILES string of the molecule is Cc1c(Nc2nccc3cc(CN(C)C4(O)CC4)cnc23)cccc1-c1cccc(-c2nc3cc(CN4CCC(C)(C(=O)O)C4)cc(C#N)c3o2)c1C. The Kier molecular flexibility index (Phi) is 8.49. The maximum Gasteiger partial charge on any atom is 0.310 e. The van der Waals surface area contributed by atoms with Crippen molar-refractivity contribution in [2.24, 2.45) is 5.41 Å². The summed E-state index contributed by atoms with van der Waals surface area (Å²) in [5.41, 5.74) is 8.48. The van der Waals surface area contributed by atoms with Crippen molar-refractivity contribution in [2.45, 2.75) is 58.8 Å². The van der Waals surface area contributed by atoms with Gasteiger partial charge in [0.05, 0.1) is 11.0 Å². The molecule has 4 heterocycles. The fourth-order valence-electron chi connectivity index (χ4n) is 7.55. The van der Waals surface area contributed by atoms with Gasteiger partial charge in [0.15, 0.2) is 11.4 Å². The Labute approximate surface area is 307 Å². The molecule has 268 valence electrons. The molecule has 0 amide bonds. The summed E-state index contributed by atoms with van der Waals surface area (Å²) in [4.78, 5) is 30.2. The maximum absolute atomic E-state index is 11.8. The predicted octanol–water partition coefficient (Wildman–Crippen LogP) is 7.55. The summed E-state index contributed by atoms with van der Waals surface area (Å²) in [6.07, 6.45) is 5.81. The van der Waals surface area contributed by atoms with Crippen molar-refractivity contribution in [1.82, 2.24) is 24.8 Å². The highest BCUT2D eigenvalue weighted by Gasteiger charge is 2.44. The molecule has 3 aromatic heterocycles. The lowest BCUT2D eigenvalue weighted by molar-refractivity contribution is -0.147. The lowest BCUT2D eigenvalue weighted by Gasteiger charge is -2.22. The molecule has 1 aliphatic heterocycles. The molecule has 1 unspecified atom stereocenters. The van der Waals surface area contributed by atoms with Crippen LogP contribution in [-0.4, -0.2) is 66.8 Å². The van der Waals surface area contributed by atoms with E-state index in [9.17, 15) is 20.3 Å². The van der Waals surface area contributed by atoms with Crippen LogP contribution in [-0.2, 0) is 17.9 Å². The van der Waals surface area contributed by atoms with E-state index in [1.165, 1.54) is 0 Å². The summed E-state index contributed by atoms with van der Waals surface area (Å²) in [5.74, 6) is 0.310. The third-order valence-corrected chi connectivity index (χ3v) is 11.1. The minimum Gasteiger partial charge on any atom is -0.481 e. The molecule has 11 nitrogen and oxygen atoms in total. The monoisotopic (exact) mass is 707 g/mol. The Morgan fingerprint density at radius 3 is 2.51 bits per heavy atom. The van der Waals surface area contributed by atoms with Gasteiger partial charge in [-0.15, -0.1) is 0 Å². The zero-order valence-electron chi connectivity index (χ0n) is 30.3. The van der Waals surface area contributed by atoms with Crippen molar-refractivity contribution in [3.63, 3.8) is 0 Å². The molecule has 2 aliphatic rings. The predicted molar refractivity (Wildman–Crippen MR) is 203 cm³/mol. The molecule has 8 rings (SSSR count). The van der Waals surface area contributed by atoms with Gasteiger partial charge >= 0.3 is 5.97 Å². The second kappa shape index (κ2) is 13.1. The van der Waals surface area contributed by atoms with Gasteiger partial charge in [0.25, 0.3) is 0 Å². The molecule has 3 aromatic carbocycles. The number of hydrogen-bond donors (Lipinski definition) is 3.